The molecule has 0 saturated heterocycles. The zero-order chi connectivity index (χ0) is 17.5. The molecule has 0 fully saturated rings. The molecule has 5 nitrogen and oxygen atoms in total. The van der Waals surface area contributed by atoms with Crippen molar-refractivity contribution in [3.8, 4) is 0 Å². The maximum absolute atomic E-state index is 12.0. The fourth-order valence-corrected chi connectivity index (χ4v) is 4.56. The summed E-state index contributed by atoms with van der Waals surface area (Å²) in [4.78, 5) is 33.0. The number of carbonyl (C=O) groups is 3. The zero-order valence-corrected chi connectivity index (χ0v) is 19.9. The van der Waals surface area contributed by atoms with Crippen molar-refractivity contribution >= 4 is 17.7 Å². The summed E-state index contributed by atoms with van der Waals surface area (Å²) >= 11 is 0.520. The van der Waals surface area contributed by atoms with Crippen molar-refractivity contribution in [3.63, 3.8) is 0 Å². The van der Waals surface area contributed by atoms with Gasteiger partial charge in [-0.1, -0.05) is 0 Å². The van der Waals surface area contributed by atoms with Crippen LogP contribution in [0.1, 0.15) is 59.8 Å². The van der Waals surface area contributed by atoms with E-state index in [-0.39, 0.29) is 23.6 Å². The number of rotatable bonds is 10. The van der Waals surface area contributed by atoms with E-state index in [4.69, 9.17) is 14.6 Å². The van der Waals surface area contributed by atoms with Crippen molar-refractivity contribution in [2.75, 3.05) is 6.61 Å². The van der Waals surface area contributed by atoms with E-state index in [1.165, 1.54) is 0 Å². The van der Waals surface area contributed by atoms with Gasteiger partial charge in [0.05, 0.1) is 0 Å². The van der Waals surface area contributed by atoms with Gasteiger partial charge in [-0.3, -0.25) is 4.79 Å². The van der Waals surface area contributed by atoms with Crippen molar-refractivity contribution < 1.29 is 50.3 Å². The summed E-state index contributed by atoms with van der Waals surface area (Å²) in [5, 5.41) is 7.42. The summed E-state index contributed by atoms with van der Waals surface area (Å²) in [7, 11) is 0. The van der Waals surface area contributed by atoms with Gasteiger partial charge in [-0.15, -0.1) is 0 Å². The monoisotopic (exact) mass is 503 g/mol. The summed E-state index contributed by atoms with van der Waals surface area (Å²) in [5.41, 5.74) is 0. The molecule has 0 saturated carbocycles. The van der Waals surface area contributed by atoms with Gasteiger partial charge in [0.25, 0.3) is 5.97 Å². The SMILES string of the molecule is CC(=O)O.CCCCOC(=O)[C@H]([CH2][Hg])[C@H](CC)C(=O)CCC. The Kier molecular flexibility index (Phi) is 16.7. The van der Waals surface area contributed by atoms with E-state index in [2.05, 4.69) is 6.92 Å². The van der Waals surface area contributed by atoms with Gasteiger partial charge >= 0.3 is 127 Å². The van der Waals surface area contributed by atoms with Gasteiger partial charge in [0.2, 0.25) is 0 Å². The van der Waals surface area contributed by atoms with Crippen molar-refractivity contribution in [2.45, 2.75) is 63.7 Å². The summed E-state index contributed by atoms with van der Waals surface area (Å²) in [6.45, 7) is 7.65. The molecule has 0 rings (SSSR count). The topological polar surface area (TPSA) is 80.7 Å². The molecule has 0 radical (unpaired) electrons. The number of esters is 1. The molecule has 0 aromatic rings. The molecular formula is C16H29HgO5. The van der Waals surface area contributed by atoms with Gasteiger partial charge in [0.1, 0.15) is 0 Å². The van der Waals surface area contributed by atoms with Gasteiger partial charge in [-0.25, -0.2) is 0 Å². The summed E-state index contributed by atoms with van der Waals surface area (Å²) < 4.78 is 6.16. The van der Waals surface area contributed by atoms with Crippen LogP contribution < -0.4 is 0 Å². The third kappa shape index (κ3) is 12.1. The average Bonchev–Trinajstić information content (AvgIpc) is 2.44. The maximum atomic E-state index is 12.0. The van der Waals surface area contributed by atoms with Crippen molar-refractivity contribution in [1.29, 1.82) is 0 Å². The molecule has 0 bridgehead atoms. The predicted molar refractivity (Wildman–Crippen MR) is 81.2 cm³/mol. The van der Waals surface area contributed by atoms with E-state index < -0.39 is 5.97 Å². The Labute approximate surface area is 150 Å². The molecule has 125 valence electrons. The van der Waals surface area contributed by atoms with E-state index in [9.17, 15) is 9.59 Å². The molecular weight excluding hydrogens is 473 g/mol. The van der Waals surface area contributed by atoms with Crippen LogP contribution in [-0.4, -0.2) is 29.4 Å². The minimum atomic E-state index is -0.833. The minimum absolute atomic E-state index is 0.114. The van der Waals surface area contributed by atoms with E-state index in [0.29, 0.717) is 39.1 Å². The van der Waals surface area contributed by atoms with Crippen LogP contribution in [0.4, 0.5) is 0 Å². The Morgan fingerprint density at radius 2 is 1.64 bits per heavy atom. The van der Waals surface area contributed by atoms with Crippen LogP contribution in [0.25, 0.3) is 0 Å². The molecule has 0 aromatic carbocycles. The number of ether oxygens (including phenoxy) is 1. The standard InChI is InChI=1S/C14H25O3.C2H4O2.Hg/c1-5-8-10-17-14(16)11(4)12(7-3)13(15)9-6-2;1-2(3)4;/h11-12H,4-10H2,1-3H3;1H3,(H,3,4);/t11-,12+;;/m1../s1. The first-order valence-electron chi connectivity index (χ1n) is 8.03. The number of hydrogen-bond donors (Lipinski definition) is 1. The number of hydrogen-bond acceptors (Lipinski definition) is 4. The molecule has 0 aliphatic carbocycles. The van der Waals surface area contributed by atoms with Gasteiger partial charge in [0, 0.05) is 6.92 Å². The number of carbonyl (C=O) groups excluding carboxylic acids is 2. The molecule has 0 spiro atoms. The van der Waals surface area contributed by atoms with Gasteiger partial charge in [-0.05, 0) is 0 Å². The summed E-state index contributed by atoms with van der Waals surface area (Å²) in [5.74, 6) is -1.02. The molecule has 0 amide bonds. The Morgan fingerprint density at radius 3 is 2.00 bits per heavy atom. The quantitative estimate of drug-likeness (QED) is 0.282. The fraction of sp³-hybridized carbons (Fsp3) is 0.812. The third-order valence-electron chi connectivity index (χ3n) is 3.19. The number of unbranched alkanes of at least 4 members (excludes halogenated alkanes) is 1. The van der Waals surface area contributed by atoms with E-state index >= 15 is 0 Å². The van der Waals surface area contributed by atoms with E-state index in [1.54, 1.807) is 0 Å². The van der Waals surface area contributed by atoms with Gasteiger partial charge < -0.3 is 5.11 Å². The van der Waals surface area contributed by atoms with Crippen LogP contribution >= 0.6 is 0 Å². The molecule has 6 heteroatoms. The van der Waals surface area contributed by atoms with Crippen LogP contribution in [0.15, 0.2) is 0 Å². The van der Waals surface area contributed by atoms with Crippen LogP contribution in [0.2, 0.25) is 3.93 Å². The van der Waals surface area contributed by atoms with E-state index in [1.807, 2.05) is 13.8 Å². The molecule has 0 aliphatic heterocycles. The second-order valence-corrected chi connectivity index (χ2v) is 7.41. The number of aliphatic carboxylic acids is 1. The van der Waals surface area contributed by atoms with Crippen LogP contribution in [0.5, 0.6) is 0 Å². The van der Waals surface area contributed by atoms with Gasteiger partial charge in [0.15, 0.2) is 0 Å². The third-order valence-corrected chi connectivity index (χ3v) is 5.61. The Balaban J connectivity index is 0. The molecule has 0 unspecified atom stereocenters. The van der Waals surface area contributed by atoms with Crippen LogP contribution in [0, 0.1) is 11.8 Å². The molecule has 0 heterocycles. The first-order valence-corrected chi connectivity index (χ1v) is 11.9. The first-order chi connectivity index (χ1) is 10.3. The summed E-state index contributed by atoms with van der Waals surface area (Å²) in [6.07, 6.45) is 4.13. The Hall–Kier alpha value is -0.455. The number of carboxylic acid groups (broad SMARTS) is 1. The average molecular weight is 502 g/mol. The van der Waals surface area contributed by atoms with Crippen LogP contribution in [0.3, 0.4) is 0 Å². The Bertz CT molecular complexity index is 326. The van der Waals surface area contributed by atoms with Gasteiger partial charge in [-0.2, -0.15) is 0 Å². The Morgan fingerprint density at radius 1 is 1.09 bits per heavy atom. The molecule has 0 aromatic heterocycles. The first kappa shape index (κ1) is 23.8. The van der Waals surface area contributed by atoms with E-state index in [0.717, 1.165) is 36.5 Å². The van der Waals surface area contributed by atoms with Crippen molar-refractivity contribution in [1.82, 2.24) is 0 Å². The predicted octanol–water partition coefficient (Wildman–Crippen LogP) is 3.40. The number of ketones is 1. The second kappa shape index (κ2) is 15.4. The fourth-order valence-electron chi connectivity index (χ4n) is 2.08. The number of Topliss-reactive ketones (excluding diaryl/α,β-unsaturated/α-hetero) is 1. The van der Waals surface area contributed by atoms with Crippen LogP contribution in [-0.2, 0) is 45.2 Å². The summed E-state index contributed by atoms with van der Waals surface area (Å²) in [6, 6.07) is 0. The molecule has 2 atom stereocenters. The zero-order valence-electron chi connectivity index (χ0n) is 14.4. The molecule has 0 aliphatic rings. The molecule has 1 N–H and O–H groups in total. The van der Waals surface area contributed by atoms with Crippen molar-refractivity contribution in [2.24, 2.45) is 11.8 Å². The van der Waals surface area contributed by atoms with Crippen molar-refractivity contribution in [3.05, 3.63) is 0 Å². The number of carboxylic acids is 1. The normalized spacial score (nSPS) is 12.6. The second-order valence-electron chi connectivity index (χ2n) is 5.17. The molecule has 22 heavy (non-hydrogen) atoms.